The van der Waals surface area contributed by atoms with Gasteiger partial charge in [0.05, 0.1) is 43.8 Å². The SMILES string of the molecule is CCOc1ccc(N2CC=C[C@]3(C)O[C@]45C=CCN(c6ccc(OC)cc6)C(=O)C4N([C@@H](CO)CC(C)C)C(=O)[C@@H]5[C@@H]3C2=O)cc1. The van der Waals surface area contributed by atoms with Gasteiger partial charge in [0.15, 0.2) is 0 Å². The molecule has 10 heteroatoms. The minimum atomic E-state index is -1.43. The van der Waals surface area contributed by atoms with Gasteiger partial charge in [-0.25, -0.2) is 0 Å². The molecule has 4 aliphatic heterocycles. The summed E-state index contributed by atoms with van der Waals surface area (Å²) in [5.74, 6) is -1.35. The predicted octanol–water partition coefficient (Wildman–Crippen LogP) is 3.98. The number of benzene rings is 2. The van der Waals surface area contributed by atoms with E-state index in [4.69, 9.17) is 14.2 Å². The lowest BCUT2D eigenvalue weighted by Gasteiger charge is -2.40. The van der Waals surface area contributed by atoms with Crippen molar-refractivity contribution in [3.8, 4) is 11.5 Å². The molecule has 4 heterocycles. The van der Waals surface area contributed by atoms with Crippen molar-refractivity contribution < 1.29 is 33.7 Å². The van der Waals surface area contributed by atoms with Gasteiger partial charge in [0.25, 0.3) is 5.91 Å². The lowest BCUT2D eigenvalue weighted by Crippen LogP contribution is -2.59. The van der Waals surface area contributed by atoms with E-state index in [0.29, 0.717) is 42.4 Å². The number of fused-ring (bicyclic) bond motifs is 2. The van der Waals surface area contributed by atoms with E-state index >= 15 is 0 Å². The van der Waals surface area contributed by atoms with Crippen LogP contribution in [0.3, 0.4) is 0 Å². The van der Waals surface area contributed by atoms with Crippen LogP contribution < -0.4 is 19.3 Å². The second kappa shape index (κ2) is 12.2. The largest absolute Gasteiger partial charge is 0.497 e. The highest BCUT2D eigenvalue weighted by atomic mass is 16.5. The zero-order valence-corrected chi connectivity index (χ0v) is 27.1. The Labute approximate surface area is 270 Å². The number of hydrogen-bond donors (Lipinski definition) is 1. The monoisotopic (exact) mass is 629 g/mol. The smallest absolute Gasteiger partial charge is 0.253 e. The fourth-order valence-electron chi connectivity index (χ4n) is 7.79. The van der Waals surface area contributed by atoms with Crippen LogP contribution in [0.4, 0.5) is 11.4 Å². The Bertz CT molecular complexity index is 1540. The zero-order chi connectivity index (χ0) is 32.8. The minimum Gasteiger partial charge on any atom is -0.497 e. The van der Waals surface area contributed by atoms with Crippen LogP contribution >= 0.6 is 0 Å². The molecule has 0 aromatic heterocycles. The fourth-order valence-corrected chi connectivity index (χ4v) is 7.79. The standard InChI is InChI=1S/C36H43N3O7/c1-6-45-28-15-11-24(12-16-28)37-19-7-17-35(4)29(32(37)41)30-33(42)39(26(22-40)21-23(2)3)31-34(43)38(20-8-18-36(30,31)46-35)25-9-13-27(44-5)14-10-25/h7-18,23,26,29-31,40H,6,19-22H2,1-5H3/t26-,29-,30+,31?,35+,36+/m1/s1. The molecule has 2 aromatic rings. The number of hydrogen-bond acceptors (Lipinski definition) is 7. The molecule has 2 aromatic carbocycles. The number of anilines is 2. The number of ether oxygens (including phenoxy) is 3. The number of carbonyl (C=O) groups is 3. The van der Waals surface area contributed by atoms with E-state index in [1.54, 1.807) is 41.2 Å². The summed E-state index contributed by atoms with van der Waals surface area (Å²) < 4.78 is 17.9. The summed E-state index contributed by atoms with van der Waals surface area (Å²) in [4.78, 5) is 49.1. The van der Waals surface area contributed by atoms with Crippen LogP contribution in [0.25, 0.3) is 0 Å². The maximum absolute atomic E-state index is 14.8. The molecule has 3 amide bonds. The topological polar surface area (TPSA) is 109 Å². The van der Waals surface area contributed by atoms with E-state index in [-0.39, 0.29) is 36.8 Å². The lowest BCUT2D eigenvalue weighted by molar-refractivity contribution is -0.148. The molecule has 6 atom stereocenters. The normalized spacial score (nSPS) is 29.4. The first kappa shape index (κ1) is 31.8. The molecular formula is C36H43N3O7. The van der Waals surface area contributed by atoms with Gasteiger partial charge in [0.2, 0.25) is 11.8 Å². The number of carbonyl (C=O) groups excluding carboxylic acids is 3. The summed E-state index contributed by atoms with van der Waals surface area (Å²) in [6, 6.07) is 12.8. The van der Waals surface area contributed by atoms with E-state index in [0.717, 1.165) is 0 Å². The highest BCUT2D eigenvalue weighted by molar-refractivity contribution is 6.07. The van der Waals surface area contributed by atoms with Gasteiger partial charge in [0.1, 0.15) is 23.1 Å². The fraction of sp³-hybridized carbons (Fsp3) is 0.472. The lowest BCUT2D eigenvalue weighted by atomic mass is 9.74. The molecule has 4 aliphatic rings. The first-order valence-corrected chi connectivity index (χ1v) is 16.1. The third-order valence-electron chi connectivity index (χ3n) is 9.69. The van der Waals surface area contributed by atoms with E-state index < -0.39 is 35.1 Å². The molecule has 0 bridgehead atoms. The molecule has 10 nitrogen and oxygen atoms in total. The van der Waals surface area contributed by atoms with Gasteiger partial charge in [-0.15, -0.1) is 0 Å². The number of nitrogens with zero attached hydrogens (tertiary/aromatic N) is 3. The summed E-state index contributed by atoms with van der Waals surface area (Å²) in [6.45, 7) is 8.53. The summed E-state index contributed by atoms with van der Waals surface area (Å²) in [6.07, 6.45) is 7.93. The first-order chi connectivity index (χ1) is 22.1. The summed E-state index contributed by atoms with van der Waals surface area (Å²) in [5, 5.41) is 10.6. The van der Waals surface area contributed by atoms with Crippen molar-refractivity contribution in [2.24, 2.45) is 17.8 Å². The molecule has 46 heavy (non-hydrogen) atoms. The van der Waals surface area contributed by atoms with Gasteiger partial charge in [-0.2, -0.15) is 0 Å². The van der Waals surface area contributed by atoms with Crippen molar-refractivity contribution in [2.75, 3.05) is 43.2 Å². The minimum absolute atomic E-state index is 0.138. The van der Waals surface area contributed by atoms with Gasteiger partial charge in [0, 0.05) is 24.5 Å². The summed E-state index contributed by atoms with van der Waals surface area (Å²) in [5.41, 5.74) is -1.27. The third kappa shape index (κ3) is 5.08. The predicted molar refractivity (Wildman–Crippen MR) is 174 cm³/mol. The van der Waals surface area contributed by atoms with Crippen molar-refractivity contribution >= 4 is 29.1 Å². The highest BCUT2D eigenvalue weighted by Gasteiger charge is 2.75. The molecular weight excluding hydrogens is 586 g/mol. The molecule has 6 rings (SSSR count). The molecule has 0 radical (unpaired) electrons. The molecule has 244 valence electrons. The second-order valence-corrected chi connectivity index (χ2v) is 13.0. The molecule has 0 aliphatic carbocycles. The summed E-state index contributed by atoms with van der Waals surface area (Å²) >= 11 is 0. The Morgan fingerprint density at radius 3 is 2.02 bits per heavy atom. The van der Waals surface area contributed by atoms with Crippen LogP contribution in [0.2, 0.25) is 0 Å². The quantitative estimate of drug-likeness (QED) is 0.418. The molecule has 2 fully saturated rings. The van der Waals surface area contributed by atoms with Crippen LogP contribution in [0, 0.1) is 17.8 Å². The number of amides is 3. The van der Waals surface area contributed by atoms with Gasteiger partial charge >= 0.3 is 0 Å². The van der Waals surface area contributed by atoms with Gasteiger partial charge < -0.3 is 34.0 Å². The average molecular weight is 630 g/mol. The Morgan fingerprint density at radius 2 is 1.46 bits per heavy atom. The Kier molecular flexibility index (Phi) is 8.45. The van der Waals surface area contributed by atoms with Crippen molar-refractivity contribution in [1.29, 1.82) is 0 Å². The van der Waals surface area contributed by atoms with Crippen LogP contribution in [-0.4, -0.2) is 84.4 Å². The van der Waals surface area contributed by atoms with Gasteiger partial charge in [-0.1, -0.05) is 38.2 Å². The van der Waals surface area contributed by atoms with Crippen LogP contribution in [0.1, 0.15) is 34.1 Å². The van der Waals surface area contributed by atoms with Crippen molar-refractivity contribution in [3.63, 3.8) is 0 Å². The van der Waals surface area contributed by atoms with Gasteiger partial charge in [-0.3, -0.25) is 14.4 Å². The van der Waals surface area contributed by atoms with E-state index in [2.05, 4.69) is 0 Å². The van der Waals surface area contributed by atoms with Crippen molar-refractivity contribution in [2.45, 2.75) is 57.4 Å². The maximum atomic E-state index is 14.8. The Balaban J connectivity index is 1.45. The Hall–Kier alpha value is -4.15. The van der Waals surface area contributed by atoms with E-state index in [1.165, 1.54) is 4.90 Å². The number of likely N-dealkylation sites (tertiary alicyclic amines) is 1. The maximum Gasteiger partial charge on any atom is 0.253 e. The van der Waals surface area contributed by atoms with Crippen molar-refractivity contribution in [1.82, 2.24) is 4.90 Å². The number of methoxy groups -OCH3 is 1. The number of aliphatic hydroxyl groups is 1. The van der Waals surface area contributed by atoms with E-state index in [1.807, 2.05) is 76.3 Å². The van der Waals surface area contributed by atoms with E-state index in [9.17, 15) is 19.5 Å². The first-order valence-electron chi connectivity index (χ1n) is 16.1. The van der Waals surface area contributed by atoms with Crippen LogP contribution in [0.5, 0.6) is 11.5 Å². The average Bonchev–Trinajstić information content (AvgIpc) is 3.31. The van der Waals surface area contributed by atoms with Gasteiger partial charge in [-0.05, 0) is 74.7 Å². The molecule has 1 spiro atoms. The van der Waals surface area contributed by atoms with Crippen LogP contribution in [-0.2, 0) is 19.1 Å². The third-order valence-corrected chi connectivity index (χ3v) is 9.69. The molecule has 1 N–H and O–H groups in total. The second-order valence-electron chi connectivity index (χ2n) is 13.0. The van der Waals surface area contributed by atoms with Crippen LogP contribution in [0.15, 0.2) is 72.8 Å². The zero-order valence-electron chi connectivity index (χ0n) is 27.1. The molecule has 0 saturated carbocycles. The van der Waals surface area contributed by atoms with Crippen molar-refractivity contribution in [3.05, 3.63) is 72.8 Å². The number of rotatable bonds is 9. The highest BCUT2D eigenvalue weighted by Crippen LogP contribution is 2.58. The Morgan fingerprint density at radius 1 is 0.870 bits per heavy atom. The molecule has 1 unspecified atom stereocenters. The molecule has 2 saturated heterocycles. The number of aliphatic hydroxyl groups excluding tert-OH is 1. The summed E-state index contributed by atoms with van der Waals surface area (Å²) in [7, 11) is 1.58.